The number of carbonyl (C=O) groups is 5. The van der Waals surface area contributed by atoms with E-state index < -0.39 is 66.9 Å². The van der Waals surface area contributed by atoms with Crippen molar-refractivity contribution in [1.29, 1.82) is 0 Å². The third kappa shape index (κ3) is 8.91. The molecule has 32 heavy (non-hydrogen) atoms. The number of nitrogens with two attached hydrogens (primary N) is 1. The van der Waals surface area contributed by atoms with Gasteiger partial charge in [-0.25, -0.2) is 4.79 Å². The molecule has 0 aromatic heterocycles. The van der Waals surface area contributed by atoms with Gasteiger partial charge in [-0.1, -0.05) is 30.3 Å². The first-order valence-electron chi connectivity index (χ1n) is 9.46. The highest BCUT2D eigenvalue weighted by Gasteiger charge is 2.31. The van der Waals surface area contributed by atoms with Gasteiger partial charge in [0.25, 0.3) is 0 Å². The number of nitrogens with one attached hydrogen (secondary N) is 3. The van der Waals surface area contributed by atoms with Gasteiger partial charge in [0.15, 0.2) is 0 Å². The number of hydrogen-bond donors (Lipinski definition) is 8. The van der Waals surface area contributed by atoms with E-state index in [0.29, 0.717) is 5.56 Å². The summed E-state index contributed by atoms with van der Waals surface area (Å²) >= 11 is 3.81. The number of amides is 3. The van der Waals surface area contributed by atoms with Gasteiger partial charge >= 0.3 is 11.9 Å². The number of benzene rings is 1. The topological polar surface area (TPSA) is 208 Å². The maximum absolute atomic E-state index is 12.8. The van der Waals surface area contributed by atoms with Crippen molar-refractivity contribution in [3.8, 4) is 0 Å². The number of carboxylic acids is 2. The molecule has 176 valence electrons. The zero-order valence-corrected chi connectivity index (χ0v) is 17.8. The minimum atomic E-state index is -1.62. The highest BCUT2D eigenvalue weighted by molar-refractivity contribution is 7.80. The predicted molar refractivity (Wildman–Crippen MR) is 115 cm³/mol. The molecule has 4 atom stereocenters. The molecule has 12 nitrogen and oxygen atoms in total. The van der Waals surface area contributed by atoms with E-state index in [1.54, 1.807) is 30.3 Å². The van der Waals surface area contributed by atoms with Gasteiger partial charge in [0, 0.05) is 12.2 Å². The number of thiol groups is 1. The van der Waals surface area contributed by atoms with Crippen molar-refractivity contribution in [3.05, 3.63) is 35.9 Å². The maximum atomic E-state index is 12.8. The zero-order valence-electron chi connectivity index (χ0n) is 16.9. The van der Waals surface area contributed by atoms with Crippen molar-refractivity contribution in [2.75, 3.05) is 12.4 Å². The van der Waals surface area contributed by atoms with Gasteiger partial charge in [-0.3, -0.25) is 19.2 Å². The molecule has 0 bridgehead atoms. The number of carboxylic acid groups (broad SMARTS) is 2. The Hall–Kier alpha value is -3.16. The van der Waals surface area contributed by atoms with Crippen LogP contribution in [-0.2, 0) is 30.4 Å². The van der Waals surface area contributed by atoms with E-state index in [1.807, 2.05) is 0 Å². The highest BCUT2D eigenvalue weighted by Crippen LogP contribution is 2.05. The van der Waals surface area contributed by atoms with E-state index >= 15 is 0 Å². The Bertz CT molecular complexity index is 823. The number of aliphatic hydroxyl groups excluding tert-OH is 1. The van der Waals surface area contributed by atoms with Gasteiger partial charge in [-0.05, 0) is 5.56 Å². The van der Waals surface area contributed by atoms with E-state index in [2.05, 4.69) is 28.6 Å². The molecular formula is C19H26N4O8S. The smallest absolute Gasteiger partial charge is 0.327 e. The van der Waals surface area contributed by atoms with Crippen molar-refractivity contribution in [2.24, 2.45) is 5.73 Å². The Balaban J connectivity index is 3.06. The van der Waals surface area contributed by atoms with Crippen LogP contribution in [0.5, 0.6) is 0 Å². The Kier molecular flexibility index (Phi) is 11.2. The maximum Gasteiger partial charge on any atom is 0.327 e. The molecule has 1 rings (SSSR count). The summed E-state index contributed by atoms with van der Waals surface area (Å²) in [6, 6.07) is 2.94. The van der Waals surface area contributed by atoms with Crippen LogP contribution in [0.25, 0.3) is 0 Å². The van der Waals surface area contributed by atoms with Crippen LogP contribution < -0.4 is 21.7 Å². The van der Waals surface area contributed by atoms with Crippen molar-refractivity contribution in [3.63, 3.8) is 0 Å². The zero-order chi connectivity index (χ0) is 24.3. The lowest BCUT2D eigenvalue weighted by Crippen LogP contribution is -2.58. The fraction of sp³-hybridized carbons (Fsp3) is 0.421. The molecule has 1 aromatic rings. The SMILES string of the molecule is NC(CO)C(=O)NC(Cc1ccccc1)C(=O)NC(CC(=O)O)C(=O)NC(CS)C(=O)O. The Morgan fingerprint density at radius 3 is 1.91 bits per heavy atom. The van der Waals surface area contributed by atoms with Gasteiger partial charge in [-0.15, -0.1) is 0 Å². The van der Waals surface area contributed by atoms with E-state index in [9.17, 15) is 24.0 Å². The summed E-state index contributed by atoms with van der Waals surface area (Å²) in [5.41, 5.74) is 6.12. The Morgan fingerprint density at radius 1 is 0.875 bits per heavy atom. The molecule has 4 unspecified atom stereocenters. The summed E-state index contributed by atoms with van der Waals surface area (Å²) < 4.78 is 0. The second-order valence-corrected chi connectivity index (χ2v) is 7.15. The highest BCUT2D eigenvalue weighted by atomic mass is 32.1. The molecule has 0 aliphatic rings. The predicted octanol–water partition coefficient (Wildman–Crippen LogP) is -2.51. The van der Waals surface area contributed by atoms with Gasteiger partial charge in [0.2, 0.25) is 17.7 Å². The molecule has 0 spiro atoms. The molecule has 3 amide bonds. The number of hydrogen-bond acceptors (Lipinski definition) is 8. The first-order chi connectivity index (χ1) is 15.1. The van der Waals surface area contributed by atoms with Crippen LogP contribution in [0.4, 0.5) is 0 Å². The number of carbonyl (C=O) groups excluding carboxylic acids is 3. The quantitative estimate of drug-likeness (QED) is 0.143. The van der Waals surface area contributed by atoms with Crippen molar-refractivity contribution in [1.82, 2.24) is 16.0 Å². The summed E-state index contributed by atoms with van der Waals surface area (Å²) in [5, 5.41) is 33.9. The summed E-state index contributed by atoms with van der Waals surface area (Å²) in [5.74, 6) is -5.84. The van der Waals surface area contributed by atoms with Crippen molar-refractivity contribution < 1.29 is 39.3 Å². The number of aliphatic carboxylic acids is 2. The van der Waals surface area contributed by atoms with E-state index in [-0.39, 0.29) is 12.2 Å². The summed E-state index contributed by atoms with van der Waals surface area (Å²) in [6.07, 6.45) is -0.856. The van der Waals surface area contributed by atoms with Crippen LogP contribution >= 0.6 is 12.6 Å². The molecular weight excluding hydrogens is 444 g/mol. The minimum Gasteiger partial charge on any atom is -0.481 e. The second-order valence-electron chi connectivity index (χ2n) is 6.78. The Morgan fingerprint density at radius 2 is 1.41 bits per heavy atom. The molecule has 0 radical (unpaired) electrons. The average molecular weight is 471 g/mol. The van der Waals surface area contributed by atoms with Crippen LogP contribution in [0.3, 0.4) is 0 Å². The third-order valence-corrected chi connectivity index (χ3v) is 4.62. The minimum absolute atomic E-state index is 0.0215. The van der Waals surface area contributed by atoms with Gasteiger partial charge < -0.3 is 37.0 Å². The van der Waals surface area contributed by atoms with Crippen LogP contribution in [0.1, 0.15) is 12.0 Å². The van der Waals surface area contributed by atoms with Crippen LogP contribution in [0.15, 0.2) is 30.3 Å². The molecule has 0 aliphatic heterocycles. The average Bonchev–Trinajstić information content (AvgIpc) is 2.75. The number of aliphatic hydroxyl groups is 1. The molecule has 8 N–H and O–H groups in total. The summed E-state index contributed by atoms with van der Waals surface area (Å²) in [6.45, 7) is -0.671. The Labute approximate surface area is 189 Å². The van der Waals surface area contributed by atoms with Gasteiger partial charge in [-0.2, -0.15) is 12.6 Å². The first kappa shape index (κ1) is 26.9. The molecule has 0 saturated carbocycles. The number of rotatable bonds is 13. The van der Waals surface area contributed by atoms with Crippen LogP contribution in [0, 0.1) is 0 Å². The fourth-order valence-electron chi connectivity index (χ4n) is 2.53. The monoisotopic (exact) mass is 470 g/mol. The summed E-state index contributed by atoms with van der Waals surface area (Å²) in [7, 11) is 0. The normalized spacial score (nSPS) is 14.3. The molecule has 1 aromatic carbocycles. The van der Waals surface area contributed by atoms with Crippen molar-refractivity contribution in [2.45, 2.75) is 37.0 Å². The second kappa shape index (κ2) is 13.3. The lowest BCUT2D eigenvalue weighted by molar-refractivity contribution is -0.143. The lowest BCUT2D eigenvalue weighted by atomic mass is 10.0. The lowest BCUT2D eigenvalue weighted by Gasteiger charge is -2.24. The molecule has 13 heteroatoms. The van der Waals surface area contributed by atoms with E-state index in [0.717, 1.165) is 0 Å². The third-order valence-electron chi connectivity index (χ3n) is 4.26. The van der Waals surface area contributed by atoms with E-state index in [1.165, 1.54) is 0 Å². The van der Waals surface area contributed by atoms with E-state index in [4.69, 9.17) is 21.1 Å². The molecule has 0 saturated heterocycles. The standard InChI is InChI=1S/C19H26N4O8S/c20-11(8-24)16(27)21-12(6-10-4-2-1-3-5-10)17(28)22-13(7-15(25)26)18(29)23-14(9-32)19(30)31/h1-5,11-14,24,32H,6-9,20H2,(H,21,27)(H,22,28)(H,23,29)(H,25,26)(H,30,31). The first-order valence-corrected chi connectivity index (χ1v) is 10.1. The van der Waals surface area contributed by atoms with Crippen LogP contribution in [0.2, 0.25) is 0 Å². The molecule has 0 heterocycles. The van der Waals surface area contributed by atoms with Gasteiger partial charge in [0.1, 0.15) is 24.2 Å². The van der Waals surface area contributed by atoms with Crippen molar-refractivity contribution >= 4 is 42.3 Å². The fourth-order valence-corrected chi connectivity index (χ4v) is 2.78. The van der Waals surface area contributed by atoms with Crippen LogP contribution in [-0.4, -0.2) is 81.5 Å². The molecule has 0 aliphatic carbocycles. The van der Waals surface area contributed by atoms with Gasteiger partial charge in [0.05, 0.1) is 13.0 Å². The summed E-state index contributed by atoms with van der Waals surface area (Å²) in [4.78, 5) is 59.7. The molecule has 0 fully saturated rings. The largest absolute Gasteiger partial charge is 0.481 e.